The monoisotopic (exact) mass is 261 g/mol. The molecule has 0 saturated carbocycles. The molecule has 1 aromatic carbocycles. The van der Waals surface area contributed by atoms with Crippen LogP contribution in [-0.4, -0.2) is 21.1 Å². The lowest BCUT2D eigenvalue weighted by Gasteiger charge is -2.20. The van der Waals surface area contributed by atoms with Gasteiger partial charge >= 0.3 is 0 Å². The molecule has 0 unspecified atom stereocenters. The predicted molar refractivity (Wildman–Crippen MR) is 78.9 cm³/mol. The van der Waals surface area contributed by atoms with Crippen molar-refractivity contribution < 1.29 is 0 Å². The summed E-state index contributed by atoms with van der Waals surface area (Å²) in [5.41, 5.74) is 8.86. The van der Waals surface area contributed by atoms with Gasteiger partial charge in [0.25, 0.3) is 0 Å². The molecule has 2 heterocycles. The lowest BCUT2D eigenvalue weighted by molar-refractivity contribution is 0.471. The molecule has 0 amide bonds. The molecule has 3 nitrogen and oxygen atoms in total. The fourth-order valence-electron chi connectivity index (χ4n) is 2.65. The number of aromatic nitrogens is 2. The normalized spacial score (nSPS) is 17.4. The highest BCUT2D eigenvalue weighted by molar-refractivity contribution is 7.99. The summed E-state index contributed by atoms with van der Waals surface area (Å²) in [5.74, 6) is 4.62. The van der Waals surface area contributed by atoms with Gasteiger partial charge in [-0.15, -0.1) is 0 Å². The van der Waals surface area contributed by atoms with Crippen LogP contribution in [0.15, 0.2) is 18.2 Å². The van der Waals surface area contributed by atoms with Gasteiger partial charge in [-0.05, 0) is 48.5 Å². The molecule has 0 radical (unpaired) electrons. The standard InChI is InChI=1S/C14H19N3S/c1-17-13-9-11(15)2-3-12(13)16-14(17)8-10-4-6-18-7-5-10/h2-3,9-10H,4-8,15H2,1H3. The first kappa shape index (κ1) is 11.9. The van der Waals surface area contributed by atoms with Gasteiger partial charge in [0.15, 0.2) is 0 Å². The van der Waals surface area contributed by atoms with Crippen LogP contribution in [0.1, 0.15) is 18.7 Å². The maximum absolute atomic E-state index is 5.84. The van der Waals surface area contributed by atoms with E-state index < -0.39 is 0 Å². The number of anilines is 1. The molecule has 1 fully saturated rings. The molecular weight excluding hydrogens is 242 g/mol. The van der Waals surface area contributed by atoms with Crippen LogP contribution < -0.4 is 5.73 Å². The SMILES string of the molecule is Cn1c(CC2CCSCC2)nc2ccc(N)cc21. The summed E-state index contributed by atoms with van der Waals surface area (Å²) in [7, 11) is 2.10. The van der Waals surface area contributed by atoms with Crippen LogP contribution in [0.25, 0.3) is 11.0 Å². The molecule has 1 aliphatic rings. The molecule has 1 aliphatic heterocycles. The molecule has 3 rings (SSSR count). The summed E-state index contributed by atoms with van der Waals surface area (Å²) in [6.45, 7) is 0. The van der Waals surface area contributed by atoms with Gasteiger partial charge < -0.3 is 10.3 Å². The van der Waals surface area contributed by atoms with E-state index >= 15 is 0 Å². The average Bonchev–Trinajstić information content (AvgIpc) is 2.68. The number of imidazole rings is 1. The van der Waals surface area contributed by atoms with Crippen molar-refractivity contribution >= 4 is 28.5 Å². The molecule has 0 spiro atoms. The maximum atomic E-state index is 5.84. The molecule has 1 saturated heterocycles. The van der Waals surface area contributed by atoms with E-state index in [2.05, 4.69) is 23.4 Å². The number of benzene rings is 1. The number of rotatable bonds is 2. The van der Waals surface area contributed by atoms with E-state index in [1.807, 2.05) is 18.2 Å². The number of nitrogens with zero attached hydrogens (tertiary/aromatic N) is 2. The van der Waals surface area contributed by atoms with Gasteiger partial charge in [0, 0.05) is 19.2 Å². The highest BCUT2D eigenvalue weighted by Crippen LogP contribution is 2.27. The molecule has 0 aliphatic carbocycles. The van der Waals surface area contributed by atoms with Gasteiger partial charge in [-0.3, -0.25) is 0 Å². The van der Waals surface area contributed by atoms with Crippen molar-refractivity contribution in [2.45, 2.75) is 19.3 Å². The Balaban J connectivity index is 1.89. The van der Waals surface area contributed by atoms with E-state index in [1.165, 1.54) is 30.2 Å². The minimum atomic E-state index is 0.805. The van der Waals surface area contributed by atoms with Crippen LogP contribution in [0.5, 0.6) is 0 Å². The van der Waals surface area contributed by atoms with Crippen molar-refractivity contribution in [2.75, 3.05) is 17.2 Å². The van der Waals surface area contributed by atoms with Gasteiger partial charge in [-0.25, -0.2) is 4.98 Å². The predicted octanol–water partition coefficient (Wildman–Crippen LogP) is 2.84. The Morgan fingerprint density at radius 1 is 1.39 bits per heavy atom. The van der Waals surface area contributed by atoms with E-state index in [0.29, 0.717) is 0 Å². The van der Waals surface area contributed by atoms with Crippen molar-refractivity contribution in [1.82, 2.24) is 9.55 Å². The molecule has 0 bridgehead atoms. The number of nitrogens with two attached hydrogens (primary N) is 1. The third-order valence-corrected chi connectivity index (χ3v) is 4.86. The molecule has 2 aromatic rings. The Kier molecular flexibility index (Phi) is 3.20. The number of thioether (sulfide) groups is 1. The first-order valence-corrected chi connectivity index (χ1v) is 7.68. The Labute approximate surface area is 112 Å². The molecule has 96 valence electrons. The highest BCUT2D eigenvalue weighted by Gasteiger charge is 2.17. The summed E-state index contributed by atoms with van der Waals surface area (Å²) < 4.78 is 2.20. The number of hydrogen-bond acceptors (Lipinski definition) is 3. The molecule has 18 heavy (non-hydrogen) atoms. The van der Waals surface area contributed by atoms with E-state index in [4.69, 9.17) is 10.7 Å². The van der Waals surface area contributed by atoms with Crippen molar-refractivity contribution in [2.24, 2.45) is 13.0 Å². The van der Waals surface area contributed by atoms with Crippen LogP contribution >= 0.6 is 11.8 Å². The minimum Gasteiger partial charge on any atom is -0.399 e. The molecule has 2 N–H and O–H groups in total. The zero-order valence-corrected chi connectivity index (χ0v) is 11.5. The second-order valence-corrected chi connectivity index (χ2v) is 6.32. The second kappa shape index (κ2) is 4.84. The summed E-state index contributed by atoms with van der Waals surface area (Å²) in [6, 6.07) is 5.96. The Bertz CT molecular complexity index is 555. The van der Waals surface area contributed by atoms with E-state index in [1.54, 1.807) is 0 Å². The van der Waals surface area contributed by atoms with E-state index in [9.17, 15) is 0 Å². The lowest BCUT2D eigenvalue weighted by Crippen LogP contribution is -2.14. The molecule has 1 aromatic heterocycles. The Morgan fingerprint density at radius 3 is 2.94 bits per heavy atom. The average molecular weight is 261 g/mol. The first-order chi connectivity index (χ1) is 8.74. The zero-order chi connectivity index (χ0) is 12.5. The van der Waals surface area contributed by atoms with Crippen molar-refractivity contribution in [3.05, 3.63) is 24.0 Å². The second-order valence-electron chi connectivity index (χ2n) is 5.10. The molecular formula is C14H19N3S. The molecule has 4 heteroatoms. The number of fused-ring (bicyclic) bond motifs is 1. The van der Waals surface area contributed by atoms with Crippen LogP contribution in [-0.2, 0) is 13.5 Å². The Hall–Kier alpha value is -1.16. The van der Waals surface area contributed by atoms with Gasteiger partial charge in [0.05, 0.1) is 11.0 Å². The van der Waals surface area contributed by atoms with Crippen LogP contribution in [0.2, 0.25) is 0 Å². The largest absolute Gasteiger partial charge is 0.399 e. The summed E-state index contributed by atoms with van der Waals surface area (Å²) in [4.78, 5) is 4.75. The zero-order valence-electron chi connectivity index (χ0n) is 10.7. The van der Waals surface area contributed by atoms with Crippen molar-refractivity contribution in [1.29, 1.82) is 0 Å². The third-order valence-electron chi connectivity index (χ3n) is 3.81. The van der Waals surface area contributed by atoms with Gasteiger partial charge in [-0.2, -0.15) is 11.8 Å². The minimum absolute atomic E-state index is 0.805. The smallest absolute Gasteiger partial charge is 0.109 e. The third kappa shape index (κ3) is 2.21. The maximum Gasteiger partial charge on any atom is 0.109 e. The van der Waals surface area contributed by atoms with E-state index in [-0.39, 0.29) is 0 Å². The summed E-state index contributed by atoms with van der Waals surface area (Å²) >= 11 is 2.08. The summed E-state index contributed by atoms with van der Waals surface area (Å²) in [6.07, 6.45) is 3.76. The lowest BCUT2D eigenvalue weighted by atomic mass is 9.98. The van der Waals surface area contributed by atoms with E-state index in [0.717, 1.165) is 29.1 Å². The van der Waals surface area contributed by atoms with Crippen LogP contribution in [0.4, 0.5) is 5.69 Å². The van der Waals surface area contributed by atoms with Crippen molar-refractivity contribution in [3.63, 3.8) is 0 Å². The van der Waals surface area contributed by atoms with Gasteiger partial charge in [0.2, 0.25) is 0 Å². The van der Waals surface area contributed by atoms with Gasteiger partial charge in [-0.1, -0.05) is 0 Å². The number of hydrogen-bond donors (Lipinski definition) is 1. The van der Waals surface area contributed by atoms with Gasteiger partial charge in [0.1, 0.15) is 5.82 Å². The Morgan fingerprint density at radius 2 is 2.17 bits per heavy atom. The van der Waals surface area contributed by atoms with Crippen LogP contribution in [0, 0.1) is 5.92 Å². The first-order valence-electron chi connectivity index (χ1n) is 6.52. The summed E-state index contributed by atoms with van der Waals surface area (Å²) in [5, 5.41) is 0. The fraction of sp³-hybridized carbons (Fsp3) is 0.500. The topological polar surface area (TPSA) is 43.8 Å². The van der Waals surface area contributed by atoms with Crippen LogP contribution in [0.3, 0.4) is 0 Å². The number of aryl methyl sites for hydroxylation is 1. The quantitative estimate of drug-likeness (QED) is 0.845. The number of nitrogen functional groups attached to an aromatic ring is 1. The van der Waals surface area contributed by atoms with Crippen molar-refractivity contribution in [3.8, 4) is 0 Å². The molecule has 0 atom stereocenters. The highest BCUT2D eigenvalue weighted by atomic mass is 32.2. The fourth-order valence-corrected chi connectivity index (χ4v) is 3.85.